The van der Waals surface area contributed by atoms with Gasteiger partial charge < -0.3 is 61.3 Å². The Hall–Kier alpha value is -16.9. The molecule has 18 heteroatoms. The normalized spacial score (nSPS) is 13.1. The minimum atomic E-state index is -1.30. The van der Waals surface area contributed by atoms with E-state index in [9.17, 15) is 90.0 Å². The van der Waals surface area contributed by atoms with Gasteiger partial charge in [0.25, 0.3) is 0 Å². The van der Waals surface area contributed by atoms with Crippen molar-refractivity contribution in [3.63, 3.8) is 0 Å². The second-order valence-corrected chi connectivity index (χ2v) is 33.6. The Bertz CT molecular complexity index is 6310. The first-order chi connectivity index (χ1) is 62.2. The van der Waals surface area contributed by atoms with Gasteiger partial charge in [0, 0.05) is 16.2 Å². The Labute approximate surface area is 738 Å². The molecule has 630 valence electrons. The van der Waals surface area contributed by atoms with E-state index in [1.807, 2.05) is 72.8 Å². The van der Waals surface area contributed by atoms with Gasteiger partial charge in [-0.3, -0.25) is 0 Å². The van der Waals surface area contributed by atoms with E-state index in [0.717, 1.165) is 100 Å². The summed E-state index contributed by atoms with van der Waals surface area (Å²) >= 11 is 0. The molecular formula is C111H78O18. The summed E-state index contributed by atoms with van der Waals surface area (Å²) in [5, 5.41) is 127. The van der Waals surface area contributed by atoms with Crippen LogP contribution in [0, 0.1) is 0 Å². The van der Waals surface area contributed by atoms with Crippen LogP contribution in [-0.2, 0) is 54.8 Å². The van der Waals surface area contributed by atoms with Gasteiger partial charge >= 0.3 is 35.8 Å². The molecule has 0 radical (unpaired) electrons. The first-order valence-corrected chi connectivity index (χ1v) is 41.7. The van der Waals surface area contributed by atoms with Gasteiger partial charge in [-0.1, -0.05) is 255 Å². The summed E-state index contributed by atoms with van der Waals surface area (Å²) in [6.45, 7) is 0. The Kier molecular flexibility index (Phi) is 20.3. The van der Waals surface area contributed by atoms with Crippen LogP contribution in [0.25, 0.3) is 100 Å². The van der Waals surface area contributed by atoms with Crippen LogP contribution in [0.15, 0.2) is 328 Å². The van der Waals surface area contributed by atoms with Crippen molar-refractivity contribution in [1.29, 1.82) is 0 Å². The second-order valence-electron chi connectivity index (χ2n) is 33.6. The summed E-state index contributed by atoms with van der Waals surface area (Å²) in [5.74, 6) is -10.1. The highest BCUT2D eigenvalue weighted by Gasteiger charge is 2.59. The van der Waals surface area contributed by atoms with Crippen LogP contribution in [0.2, 0.25) is 0 Å². The molecule has 3 aliphatic carbocycles. The monoisotopic (exact) mass is 1700 g/mol. The number of fused-ring (bicyclic) bond motifs is 12. The summed E-state index contributed by atoms with van der Waals surface area (Å²) in [6, 6.07) is 101. The van der Waals surface area contributed by atoms with E-state index in [1.165, 1.54) is 72.8 Å². The molecule has 16 aromatic rings. The summed E-state index contributed by atoms with van der Waals surface area (Å²) < 4.78 is 0. The van der Waals surface area contributed by atoms with E-state index in [4.69, 9.17) is 0 Å². The molecule has 0 amide bonds. The quantitative estimate of drug-likeness (QED) is 0.0267. The van der Waals surface area contributed by atoms with Gasteiger partial charge in [0.15, 0.2) is 0 Å². The summed E-state index contributed by atoms with van der Waals surface area (Å²) in [5.41, 5.74) is 19.6. The van der Waals surface area contributed by atoms with Crippen molar-refractivity contribution < 1.29 is 90.0 Å². The van der Waals surface area contributed by atoms with E-state index in [2.05, 4.69) is 146 Å². The van der Waals surface area contributed by atoms with E-state index in [1.54, 1.807) is 36.4 Å². The van der Waals surface area contributed by atoms with Crippen LogP contribution in [0.1, 0.15) is 129 Å². The van der Waals surface area contributed by atoms with Crippen molar-refractivity contribution in [3.8, 4) is 135 Å². The molecule has 0 bridgehead atoms. The van der Waals surface area contributed by atoms with E-state index >= 15 is 0 Å². The lowest BCUT2D eigenvalue weighted by Gasteiger charge is -2.40. The Morgan fingerprint density at radius 1 is 0.186 bits per heavy atom. The van der Waals surface area contributed by atoms with Crippen LogP contribution in [0.4, 0.5) is 0 Å². The summed E-state index contributed by atoms with van der Waals surface area (Å²) in [4.78, 5) is 75.8. The molecule has 0 heterocycles. The standard InChI is InChI=1S/C111H78O18/c112-91-43-37-73(49-82(91)103(118)119)67-25-13-61(14-26-67)55-109(56-62-15-27-68(28-16-62)74-38-44-92(113)83(50-74)104(120)121)88-10-4-1-7-79(88)97-100(109)98-81-9-3-6-12-90(81)111(59-65-21-33-71(34-22-65)77-41-47-95(116)86(53-77)107(126)127,60-66-23-35-72(36-24-66)78-42-48-96(117)87(54-78)108(128)129)102(98)99-80-8-2-5-11-89(80)110(101(97)99,57-63-17-29-69(30-18-63)75-39-45-93(114)84(51-75)105(122)123)58-64-19-31-70(32-20-64)76-40-46-94(115)85(52-76)106(124)125/h1-54,112-117H,55-60H2,(H,118,119)(H,120,121)(H,122,123)(H,124,125)(H,126,127)(H,128,129). The fourth-order valence-corrected chi connectivity index (χ4v) is 20.3. The van der Waals surface area contributed by atoms with Crippen molar-refractivity contribution in [2.24, 2.45) is 0 Å². The molecule has 0 fully saturated rings. The number of aromatic carboxylic acids is 6. The van der Waals surface area contributed by atoms with Crippen LogP contribution in [0.3, 0.4) is 0 Å². The third-order valence-corrected chi connectivity index (χ3v) is 26.2. The predicted octanol–water partition coefficient (Wildman–Crippen LogP) is 22.4. The van der Waals surface area contributed by atoms with E-state index in [0.29, 0.717) is 105 Å². The van der Waals surface area contributed by atoms with Gasteiger partial charge in [0.2, 0.25) is 0 Å². The highest BCUT2D eigenvalue weighted by atomic mass is 16.4. The van der Waals surface area contributed by atoms with Crippen LogP contribution >= 0.6 is 0 Å². The fraction of sp³-hybridized carbons (Fsp3) is 0.0811. The maximum absolute atomic E-state index is 12.6. The maximum Gasteiger partial charge on any atom is 0.339 e. The van der Waals surface area contributed by atoms with E-state index < -0.39 is 52.1 Å². The zero-order valence-electron chi connectivity index (χ0n) is 68.7. The second kappa shape index (κ2) is 32.0. The van der Waals surface area contributed by atoms with Crippen molar-refractivity contribution in [2.75, 3.05) is 0 Å². The molecular weight excluding hydrogens is 1620 g/mol. The average molecular weight is 1700 g/mol. The summed E-state index contributed by atoms with van der Waals surface area (Å²) in [7, 11) is 0. The Balaban J connectivity index is 0.930. The lowest BCUT2D eigenvalue weighted by molar-refractivity contribution is 0.0682. The molecule has 0 saturated carbocycles. The first-order valence-electron chi connectivity index (χ1n) is 41.7. The number of phenols is 6. The largest absolute Gasteiger partial charge is 0.507 e. The SMILES string of the molecule is O=C(O)c1cc(-c2ccc(CC3(Cc4ccc(-c5ccc(O)c(C(=O)O)c5)cc4)c4ccccc4-c4c3c3c(c5c4C(Cc4ccc(-c6ccc(O)c(C(=O)O)c6)cc4)(Cc4ccc(-c6ccc(O)c(C(=O)O)c6)cc4)c4ccccc4-5)C(Cc4ccc(-c5ccc(O)c(C(=O)O)c5)cc4)(Cc4ccc(-c5ccc(O)c(C(=O)O)c5)cc4)c4ccccc4-3)cc2)ccc1O. The predicted molar refractivity (Wildman–Crippen MR) is 490 cm³/mol. The highest BCUT2D eigenvalue weighted by molar-refractivity contribution is 6.07. The molecule has 12 N–H and O–H groups in total. The first kappa shape index (κ1) is 81.8. The number of aromatic hydroxyl groups is 6. The molecule has 3 aliphatic rings. The lowest BCUT2D eigenvalue weighted by atomic mass is 9.62. The van der Waals surface area contributed by atoms with Crippen molar-refractivity contribution in [3.05, 3.63) is 428 Å². The van der Waals surface area contributed by atoms with Gasteiger partial charge in [0.05, 0.1) is 0 Å². The average Bonchev–Trinajstić information content (AvgIpc) is 1.48. The van der Waals surface area contributed by atoms with Crippen LogP contribution in [0.5, 0.6) is 34.5 Å². The van der Waals surface area contributed by atoms with Gasteiger partial charge in [-0.2, -0.15) is 0 Å². The zero-order valence-corrected chi connectivity index (χ0v) is 68.7. The smallest absolute Gasteiger partial charge is 0.339 e. The minimum absolute atomic E-state index is 0.266. The molecule has 19 rings (SSSR count). The molecule has 0 unspecified atom stereocenters. The van der Waals surface area contributed by atoms with Crippen LogP contribution < -0.4 is 0 Å². The van der Waals surface area contributed by atoms with Crippen molar-refractivity contribution in [2.45, 2.75) is 54.8 Å². The van der Waals surface area contributed by atoms with Gasteiger partial charge in [-0.25, -0.2) is 28.8 Å². The number of carboxylic acids is 6. The Morgan fingerprint density at radius 3 is 0.488 bits per heavy atom. The van der Waals surface area contributed by atoms with Crippen molar-refractivity contribution >= 4 is 35.8 Å². The van der Waals surface area contributed by atoms with E-state index in [-0.39, 0.29) is 67.9 Å². The maximum atomic E-state index is 12.6. The molecule has 0 saturated heterocycles. The van der Waals surface area contributed by atoms with Gasteiger partial charge in [0.1, 0.15) is 67.9 Å². The summed E-state index contributed by atoms with van der Waals surface area (Å²) in [6.07, 6.45) is 1.94. The third-order valence-electron chi connectivity index (χ3n) is 26.2. The minimum Gasteiger partial charge on any atom is -0.507 e. The van der Waals surface area contributed by atoms with Crippen molar-refractivity contribution in [1.82, 2.24) is 0 Å². The van der Waals surface area contributed by atoms with Gasteiger partial charge in [-0.05, 0) is 278 Å². The number of benzene rings is 16. The number of carbonyl (C=O) groups is 6. The topological polar surface area (TPSA) is 345 Å². The molecule has 0 spiro atoms. The molecule has 0 aromatic heterocycles. The number of hydrogen-bond acceptors (Lipinski definition) is 12. The van der Waals surface area contributed by atoms with Gasteiger partial charge in [-0.15, -0.1) is 0 Å². The third kappa shape index (κ3) is 14.3. The number of rotatable bonds is 24. The van der Waals surface area contributed by atoms with Crippen LogP contribution in [-0.4, -0.2) is 97.1 Å². The molecule has 129 heavy (non-hydrogen) atoms. The molecule has 0 atom stereocenters. The fourth-order valence-electron chi connectivity index (χ4n) is 20.3. The zero-order chi connectivity index (χ0) is 89.6. The molecule has 0 aliphatic heterocycles. The highest BCUT2D eigenvalue weighted by Crippen LogP contribution is 2.70. The molecule has 16 aromatic carbocycles. The number of carboxylic acid groups (broad SMARTS) is 6. The lowest BCUT2D eigenvalue weighted by Crippen LogP contribution is -2.36. The Morgan fingerprint density at radius 2 is 0.333 bits per heavy atom. The molecule has 18 nitrogen and oxygen atoms in total. The number of hydrogen-bond donors (Lipinski definition) is 12.